The lowest BCUT2D eigenvalue weighted by atomic mass is 10.1. The van der Waals surface area contributed by atoms with E-state index in [0.29, 0.717) is 5.76 Å². The molecule has 16 heavy (non-hydrogen) atoms. The summed E-state index contributed by atoms with van der Waals surface area (Å²) < 4.78 is 5.10. The van der Waals surface area contributed by atoms with Gasteiger partial charge in [0, 0.05) is 5.92 Å². The second-order valence-electron chi connectivity index (χ2n) is 3.83. The van der Waals surface area contributed by atoms with Crippen LogP contribution in [-0.2, 0) is 9.59 Å². The summed E-state index contributed by atoms with van der Waals surface area (Å²) >= 11 is 0. The van der Waals surface area contributed by atoms with Gasteiger partial charge in [-0.1, -0.05) is 13.8 Å². The van der Waals surface area contributed by atoms with Crippen molar-refractivity contribution in [3.05, 3.63) is 24.2 Å². The first kappa shape index (κ1) is 12.3. The van der Waals surface area contributed by atoms with Crippen molar-refractivity contribution >= 4 is 11.9 Å². The molecule has 0 aliphatic rings. The van der Waals surface area contributed by atoms with Crippen molar-refractivity contribution in [1.29, 1.82) is 0 Å². The van der Waals surface area contributed by atoms with Crippen LogP contribution >= 0.6 is 0 Å². The molecule has 0 saturated carbocycles. The summed E-state index contributed by atoms with van der Waals surface area (Å²) in [6, 6.07) is 2.70. The van der Waals surface area contributed by atoms with Crippen LogP contribution in [0.4, 0.5) is 0 Å². The maximum Gasteiger partial charge on any atom is 0.305 e. The van der Waals surface area contributed by atoms with Gasteiger partial charge in [-0.25, -0.2) is 0 Å². The number of hydrogen-bond donors (Lipinski definition) is 2. The van der Waals surface area contributed by atoms with Crippen LogP contribution in [0.5, 0.6) is 0 Å². The summed E-state index contributed by atoms with van der Waals surface area (Å²) in [6.45, 7) is 3.49. The minimum Gasteiger partial charge on any atom is -0.481 e. The zero-order chi connectivity index (χ0) is 12.1. The number of amides is 1. The SMILES string of the molecule is CC(C)C(=O)NC(CC(=O)O)c1ccco1. The predicted molar refractivity (Wildman–Crippen MR) is 56.7 cm³/mol. The fourth-order valence-corrected chi connectivity index (χ4v) is 1.23. The molecule has 0 aliphatic heterocycles. The summed E-state index contributed by atoms with van der Waals surface area (Å²) in [5.41, 5.74) is 0. The van der Waals surface area contributed by atoms with Gasteiger partial charge in [0.2, 0.25) is 5.91 Å². The number of carbonyl (C=O) groups is 2. The molecular formula is C11H15NO4. The molecule has 1 amide bonds. The largest absolute Gasteiger partial charge is 0.481 e. The highest BCUT2D eigenvalue weighted by Crippen LogP contribution is 2.17. The highest BCUT2D eigenvalue weighted by molar-refractivity contribution is 5.79. The Bertz CT molecular complexity index is 356. The summed E-state index contributed by atoms with van der Waals surface area (Å²) in [7, 11) is 0. The molecule has 1 atom stereocenters. The molecule has 0 aromatic carbocycles. The summed E-state index contributed by atoms with van der Waals surface area (Å²) in [5.74, 6) is -0.907. The van der Waals surface area contributed by atoms with Crippen LogP contribution in [0.2, 0.25) is 0 Å². The van der Waals surface area contributed by atoms with Crippen molar-refractivity contribution < 1.29 is 19.1 Å². The Kier molecular flexibility index (Phi) is 4.10. The summed E-state index contributed by atoms with van der Waals surface area (Å²) in [4.78, 5) is 22.1. The van der Waals surface area contributed by atoms with Gasteiger partial charge < -0.3 is 14.8 Å². The lowest BCUT2D eigenvalue weighted by Crippen LogP contribution is -2.32. The molecule has 0 saturated heterocycles. The first-order chi connectivity index (χ1) is 7.50. The Morgan fingerprint density at radius 2 is 2.19 bits per heavy atom. The molecule has 88 valence electrons. The first-order valence-electron chi connectivity index (χ1n) is 5.06. The fraction of sp³-hybridized carbons (Fsp3) is 0.455. The van der Waals surface area contributed by atoms with E-state index in [1.54, 1.807) is 26.0 Å². The lowest BCUT2D eigenvalue weighted by molar-refractivity contribution is -0.138. The van der Waals surface area contributed by atoms with E-state index in [1.807, 2.05) is 0 Å². The number of rotatable bonds is 5. The zero-order valence-corrected chi connectivity index (χ0v) is 9.27. The predicted octanol–water partition coefficient (Wildman–Crippen LogP) is 1.57. The molecule has 1 aromatic rings. The van der Waals surface area contributed by atoms with E-state index in [9.17, 15) is 9.59 Å². The smallest absolute Gasteiger partial charge is 0.305 e. The average molecular weight is 225 g/mol. The van der Waals surface area contributed by atoms with Crippen LogP contribution in [0.3, 0.4) is 0 Å². The second kappa shape index (κ2) is 5.34. The Labute approximate surface area is 93.4 Å². The van der Waals surface area contributed by atoms with E-state index in [-0.39, 0.29) is 18.2 Å². The number of aliphatic carboxylic acids is 1. The van der Waals surface area contributed by atoms with E-state index in [0.717, 1.165) is 0 Å². The van der Waals surface area contributed by atoms with E-state index in [1.165, 1.54) is 6.26 Å². The molecule has 1 unspecified atom stereocenters. The third-order valence-electron chi connectivity index (χ3n) is 2.11. The van der Waals surface area contributed by atoms with Crippen LogP contribution < -0.4 is 5.32 Å². The molecule has 0 bridgehead atoms. The van der Waals surface area contributed by atoms with Gasteiger partial charge >= 0.3 is 5.97 Å². The molecule has 0 spiro atoms. The fourth-order valence-electron chi connectivity index (χ4n) is 1.23. The Morgan fingerprint density at radius 3 is 2.62 bits per heavy atom. The van der Waals surface area contributed by atoms with Gasteiger partial charge in [0.1, 0.15) is 5.76 Å². The van der Waals surface area contributed by atoms with Crippen molar-refractivity contribution in [3.8, 4) is 0 Å². The third-order valence-corrected chi connectivity index (χ3v) is 2.11. The van der Waals surface area contributed by atoms with Crippen molar-refractivity contribution in [3.63, 3.8) is 0 Å². The zero-order valence-electron chi connectivity index (χ0n) is 9.27. The topological polar surface area (TPSA) is 79.5 Å². The van der Waals surface area contributed by atoms with Gasteiger partial charge in [0.25, 0.3) is 0 Å². The standard InChI is InChI=1S/C11H15NO4/c1-7(2)11(15)12-8(6-10(13)14)9-4-3-5-16-9/h3-5,7-8H,6H2,1-2H3,(H,12,15)(H,13,14). The maximum atomic E-state index is 11.5. The molecule has 0 aliphatic carbocycles. The van der Waals surface area contributed by atoms with Crippen LogP contribution in [-0.4, -0.2) is 17.0 Å². The molecule has 5 nitrogen and oxygen atoms in total. The third kappa shape index (κ3) is 3.42. The summed E-state index contributed by atoms with van der Waals surface area (Å²) in [5, 5.41) is 11.4. The number of carboxylic acid groups (broad SMARTS) is 1. The minimum atomic E-state index is -0.981. The Morgan fingerprint density at radius 1 is 1.50 bits per heavy atom. The maximum absolute atomic E-state index is 11.5. The normalized spacial score (nSPS) is 12.4. The van der Waals surface area contributed by atoms with Crippen molar-refractivity contribution in [2.75, 3.05) is 0 Å². The van der Waals surface area contributed by atoms with Gasteiger partial charge in [-0.2, -0.15) is 0 Å². The molecule has 1 heterocycles. The summed E-state index contributed by atoms with van der Waals surface area (Å²) in [6.07, 6.45) is 1.26. The highest BCUT2D eigenvalue weighted by Gasteiger charge is 2.21. The van der Waals surface area contributed by atoms with E-state index >= 15 is 0 Å². The quantitative estimate of drug-likeness (QED) is 0.797. The van der Waals surface area contributed by atoms with Crippen molar-refractivity contribution in [1.82, 2.24) is 5.32 Å². The van der Waals surface area contributed by atoms with Crippen LogP contribution in [0.25, 0.3) is 0 Å². The van der Waals surface area contributed by atoms with Crippen LogP contribution in [0, 0.1) is 5.92 Å². The molecule has 5 heteroatoms. The van der Waals surface area contributed by atoms with Gasteiger partial charge in [-0.3, -0.25) is 9.59 Å². The monoisotopic (exact) mass is 225 g/mol. The number of carbonyl (C=O) groups excluding carboxylic acids is 1. The van der Waals surface area contributed by atoms with Crippen molar-refractivity contribution in [2.24, 2.45) is 5.92 Å². The van der Waals surface area contributed by atoms with E-state index in [2.05, 4.69) is 5.32 Å². The average Bonchev–Trinajstić information content (AvgIpc) is 2.68. The molecule has 1 aromatic heterocycles. The van der Waals surface area contributed by atoms with Gasteiger partial charge in [-0.05, 0) is 12.1 Å². The van der Waals surface area contributed by atoms with Crippen LogP contribution in [0.15, 0.2) is 22.8 Å². The highest BCUT2D eigenvalue weighted by atomic mass is 16.4. The van der Waals surface area contributed by atoms with E-state index in [4.69, 9.17) is 9.52 Å². The van der Waals surface area contributed by atoms with Crippen LogP contribution in [0.1, 0.15) is 32.1 Å². The number of hydrogen-bond acceptors (Lipinski definition) is 3. The lowest BCUT2D eigenvalue weighted by Gasteiger charge is -2.16. The number of carboxylic acids is 1. The van der Waals surface area contributed by atoms with Gasteiger partial charge in [0.05, 0.1) is 18.7 Å². The van der Waals surface area contributed by atoms with Crippen molar-refractivity contribution in [2.45, 2.75) is 26.3 Å². The second-order valence-corrected chi connectivity index (χ2v) is 3.83. The molecule has 0 radical (unpaired) electrons. The Hall–Kier alpha value is -1.78. The minimum absolute atomic E-state index is 0.189. The van der Waals surface area contributed by atoms with Gasteiger partial charge in [-0.15, -0.1) is 0 Å². The van der Waals surface area contributed by atoms with Gasteiger partial charge in [0.15, 0.2) is 0 Å². The first-order valence-corrected chi connectivity index (χ1v) is 5.06. The number of nitrogens with one attached hydrogen (secondary N) is 1. The number of furan rings is 1. The molecule has 1 rings (SSSR count). The molecular weight excluding hydrogens is 210 g/mol. The molecule has 2 N–H and O–H groups in total. The van der Waals surface area contributed by atoms with E-state index < -0.39 is 12.0 Å². The Balaban J connectivity index is 2.72. The molecule has 0 fully saturated rings.